The summed E-state index contributed by atoms with van der Waals surface area (Å²) >= 11 is -3.32. The molecule has 0 aromatic heterocycles. The molecule has 0 N–H and O–H groups in total. The smallest absolute Gasteiger partial charge is 1.00 e. The topological polar surface area (TPSA) is 0 Å². The number of benzene rings is 6. The van der Waals surface area contributed by atoms with Crippen LogP contribution in [0, 0.1) is 52.9 Å². The van der Waals surface area contributed by atoms with Gasteiger partial charge in [0.1, 0.15) is 0 Å². The summed E-state index contributed by atoms with van der Waals surface area (Å²) < 4.78 is 4.99. The summed E-state index contributed by atoms with van der Waals surface area (Å²) in [7, 11) is 0. The van der Waals surface area contributed by atoms with Crippen LogP contribution in [-0.4, -0.2) is 3.21 Å². The molecule has 0 spiro atoms. The molecule has 0 aliphatic heterocycles. The quantitative estimate of drug-likeness (QED) is 0.149. The van der Waals surface area contributed by atoms with E-state index in [0.29, 0.717) is 5.92 Å². The second kappa shape index (κ2) is 19.3. The van der Waals surface area contributed by atoms with Crippen molar-refractivity contribution in [1.82, 2.24) is 0 Å². The molecule has 6 aromatic carbocycles. The van der Waals surface area contributed by atoms with Crippen molar-refractivity contribution >= 4 is 6.48 Å². The van der Waals surface area contributed by atoms with Gasteiger partial charge in [-0.25, -0.2) is 0 Å². The van der Waals surface area contributed by atoms with Gasteiger partial charge in [-0.05, 0) is 0 Å². The third-order valence-electron chi connectivity index (χ3n) is 14.1. The van der Waals surface area contributed by atoms with E-state index in [2.05, 4.69) is 226 Å². The van der Waals surface area contributed by atoms with Crippen LogP contribution in [-0.2, 0) is 38.5 Å². The molecule has 0 amide bonds. The van der Waals surface area contributed by atoms with Crippen molar-refractivity contribution in [2.75, 3.05) is 0 Å². The fourth-order valence-electron chi connectivity index (χ4n) is 11.3. The first-order valence-electron chi connectivity index (χ1n) is 23.9. The van der Waals surface area contributed by atoms with E-state index in [1.165, 1.54) is 100 Å². The van der Waals surface area contributed by atoms with E-state index in [-0.39, 0.29) is 41.1 Å². The zero-order valence-electron chi connectivity index (χ0n) is 42.7. The molecule has 0 heterocycles. The fourth-order valence-corrected chi connectivity index (χ4v) is 20.5. The van der Waals surface area contributed by atoms with Gasteiger partial charge < -0.3 is 24.8 Å². The molecule has 342 valence electrons. The van der Waals surface area contributed by atoms with Crippen molar-refractivity contribution in [3.8, 4) is 33.4 Å². The zero-order valence-corrected chi connectivity index (χ0v) is 46.7. The van der Waals surface area contributed by atoms with Crippen LogP contribution in [0.25, 0.3) is 33.4 Å². The Morgan fingerprint density at radius 1 is 0.530 bits per heavy atom. The van der Waals surface area contributed by atoms with Crippen LogP contribution in [0.2, 0.25) is 0 Å². The second-order valence-corrected chi connectivity index (χ2v) is 28.2. The Bertz CT molecular complexity index is 2830. The maximum absolute atomic E-state index is 3.32. The molecule has 2 aliphatic rings. The van der Waals surface area contributed by atoms with E-state index < -0.39 is 21.3 Å². The van der Waals surface area contributed by atoms with Crippen LogP contribution in [0.1, 0.15) is 142 Å². The molecule has 3 heteroatoms. The SMILES string of the molecule is CCC1C=C(C(C)(C)C)C=[C]1[Zr+2](=[C](c1ccccc1)c1ccccc1)[c]1c2c(cc(C(C)(C)C)c1-c1c(C)cc(C)cc1C)-c1cc(C(C)(C)C)c(-c3c(C)cc(C)cc3C)cc1C2.[Cl-].[Cl-]. The molecule has 2 aliphatic carbocycles. The van der Waals surface area contributed by atoms with Gasteiger partial charge in [0.2, 0.25) is 0 Å². The van der Waals surface area contributed by atoms with Crippen LogP contribution < -0.4 is 28.1 Å². The minimum Gasteiger partial charge on any atom is -1.00 e. The number of fused-ring (bicyclic) bond motifs is 3. The minimum absolute atomic E-state index is 0. The third-order valence-corrected chi connectivity index (χ3v) is 22.1. The Morgan fingerprint density at radius 2 is 1.00 bits per heavy atom. The molecule has 0 saturated heterocycles. The fraction of sp³-hybridized carbons (Fsp3) is 0.349. The first kappa shape index (κ1) is 51.5. The summed E-state index contributed by atoms with van der Waals surface area (Å²) in [5, 5.41) is 0. The summed E-state index contributed by atoms with van der Waals surface area (Å²) in [5.41, 5.74) is 26.9. The van der Waals surface area contributed by atoms with Crippen LogP contribution in [0.3, 0.4) is 0 Å². The van der Waals surface area contributed by atoms with E-state index >= 15 is 0 Å². The average molecular weight is 991 g/mol. The van der Waals surface area contributed by atoms with Crippen molar-refractivity contribution in [2.24, 2.45) is 11.3 Å². The molecular formula is C63H72Cl2Zr. The number of hydrogen-bond acceptors (Lipinski definition) is 0. The molecule has 0 nitrogen and oxygen atoms in total. The third kappa shape index (κ3) is 9.58. The summed E-state index contributed by atoms with van der Waals surface area (Å²) in [6.07, 6.45) is 7.43. The van der Waals surface area contributed by atoms with E-state index in [1.807, 2.05) is 0 Å². The average Bonchev–Trinajstić information content (AvgIpc) is 3.80. The minimum atomic E-state index is -3.32. The van der Waals surface area contributed by atoms with Gasteiger partial charge in [0.25, 0.3) is 0 Å². The number of hydrogen-bond donors (Lipinski definition) is 0. The largest absolute Gasteiger partial charge is 1.00 e. The van der Waals surface area contributed by atoms with Gasteiger partial charge in [-0.1, -0.05) is 0 Å². The van der Waals surface area contributed by atoms with Gasteiger partial charge in [0.05, 0.1) is 0 Å². The predicted octanol–water partition coefficient (Wildman–Crippen LogP) is 10.5. The Hall–Kier alpha value is -3.87. The summed E-state index contributed by atoms with van der Waals surface area (Å²) in [6, 6.07) is 40.7. The zero-order chi connectivity index (χ0) is 46.2. The molecule has 66 heavy (non-hydrogen) atoms. The Balaban J connectivity index is 0.00000360. The Morgan fingerprint density at radius 3 is 1.45 bits per heavy atom. The first-order valence-corrected chi connectivity index (χ1v) is 27.6. The molecular weight excluding hydrogens is 919 g/mol. The van der Waals surface area contributed by atoms with Crippen molar-refractivity contribution in [3.63, 3.8) is 0 Å². The van der Waals surface area contributed by atoms with Crippen molar-refractivity contribution in [3.05, 3.63) is 191 Å². The van der Waals surface area contributed by atoms with Crippen LogP contribution in [0.4, 0.5) is 0 Å². The number of aryl methyl sites for hydroxylation is 6. The molecule has 0 bridgehead atoms. The van der Waals surface area contributed by atoms with Gasteiger partial charge in [0, 0.05) is 0 Å². The molecule has 6 aromatic rings. The monoisotopic (exact) mass is 988 g/mol. The second-order valence-electron chi connectivity index (χ2n) is 22.4. The summed E-state index contributed by atoms with van der Waals surface area (Å²) in [5.74, 6) is 0.392. The van der Waals surface area contributed by atoms with Gasteiger partial charge >= 0.3 is 398 Å². The maximum atomic E-state index is 2.73. The number of allylic oxidation sites excluding steroid dienone is 4. The van der Waals surface area contributed by atoms with Gasteiger partial charge in [-0.15, -0.1) is 0 Å². The van der Waals surface area contributed by atoms with Crippen molar-refractivity contribution < 1.29 is 46.1 Å². The molecule has 1 atom stereocenters. The Kier molecular flexibility index (Phi) is 15.0. The molecule has 8 rings (SSSR count). The Labute approximate surface area is 419 Å². The standard InChI is InChI=1S/C39H45.C13H10.C11H17.2ClH.Zr/c1-22-13-24(3)36(25(4)14-22)32-18-28-17-29-19-33(37-26(5)15-23(2)16-27(37)6)35(39(10,11)12)21-31(29)30(28)20-34(32)38(7,8)9;1-3-7-12(8-4-1)11-13-9-5-2-6-10-13;1-5-9-6-7-10(8-9)11(2,3)4;;;/h13-16,18,20-21H,17H2,1-12H3;1-10H;7-9H,5H2,1-4H3;2*1H;/q;;;;;+2/p-2. The van der Waals surface area contributed by atoms with E-state index in [0.717, 1.165) is 12.8 Å². The molecule has 0 fully saturated rings. The first-order chi connectivity index (χ1) is 30.1. The van der Waals surface area contributed by atoms with Crippen LogP contribution in [0.15, 0.2) is 124 Å². The van der Waals surface area contributed by atoms with Gasteiger partial charge in [-0.2, -0.15) is 0 Å². The van der Waals surface area contributed by atoms with E-state index in [9.17, 15) is 0 Å². The van der Waals surface area contributed by atoms with Gasteiger partial charge in [0.15, 0.2) is 0 Å². The van der Waals surface area contributed by atoms with Crippen molar-refractivity contribution in [2.45, 2.75) is 134 Å². The molecule has 1 unspecified atom stereocenters. The molecule has 0 radical (unpaired) electrons. The molecule has 0 saturated carbocycles. The normalized spacial score (nSPS) is 14.3. The predicted molar refractivity (Wildman–Crippen MR) is 277 cm³/mol. The number of halogens is 2. The maximum Gasteiger partial charge on any atom is -1.00 e. The van der Waals surface area contributed by atoms with Gasteiger partial charge in [-0.3, -0.25) is 0 Å². The van der Waals surface area contributed by atoms with E-state index in [1.54, 1.807) is 15.3 Å². The van der Waals surface area contributed by atoms with Crippen LogP contribution >= 0.6 is 0 Å². The summed E-state index contributed by atoms with van der Waals surface area (Å²) in [6.45, 7) is 38.2. The summed E-state index contributed by atoms with van der Waals surface area (Å²) in [4.78, 5) is 0. The van der Waals surface area contributed by atoms with Crippen LogP contribution in [0.5, 0.6) is 0 Å². The van der Waals surface area contributed by atoms with Crippen molar-refractivity contribution in [1.29, 1.82) is 0 Å². The number of rotatable bonds is 7. The van der Waals surface area contributed by atoms with E-state index in [4.69, 9.17) is 0 Å².